The van der Waals surface area contributed by atoms with Crippen LogP contribution >= 0.6 is 0 Å². The van der Waals surface area contributed by atoms with Gasteiger partial charge < -0.3 is 0 Å². The first kappa shape index (κ1) is 71.6. The van der Waals surface area contributed by atoms with E-state index in [0.717, 1.165) is 193 Å². The van der Waals surface area contributed by atoms with Gasteiger partial charge in [-0.25, -0.2) is 29.9 Å². The number of rotatable bonds is 10. The number of hydrogen-bond donors (Lipinski definition) is 0. The molecule has 0 aliphatic carbocycles. The van der Waals surface area contributed by atoms with Crippen LogP contribution in [0.3, 0.4) is 0 Å². The molecule has 0 N–H and O–H groups in total. The van der Waals surface area contributed by atoms with Gasteiger partial charge in [0.05, 0.1) is 67.3 Å². The lowest BCUT2D eigenvalue weighted by Gasteiger charge is -2.19. The molecule has 0 amide bonds. The van der Waals surface area contributed by atoms with E-state index in [0.29, 0.717) is 0 Å². The number of hydrogen-bond acceptors (Lipinski definition) is 6. The lowest BCUT2D eigenvalue weighted by molar-refractivity contribution is 1.33. The molecular formula is C118H72N6. The van der Waals surface area contributed by atoms with Crippen molar-refractivity contribution in [2.75, 3.05) is 0 Å². The molecule has 0 spiro atoms. The zero-order chi connectivity index (χ0) is 81.7. The summed E-state index contributed by atoms with van der Waals surface area (Å²) in [7, 11) is 0. The number of aromatic nitrogens is 6. The predicted octanol–water partition coefficient (Wildman–Crippen LogP) is 31.4. The Morgan fingerprint density at radius 2 is 0.427 bits per heavy atom. The molecule has 124 heavy (non-hydrogen) atoms. The van der Waals surface area contributed by atoms with Gasteiger partial charge in [0.25, 0.3) is 0 Å². The molecule has 0 aliphatic rings. The van der Waals surface area contributed by atoms with Crippen molar-refractivity contribution in [3.05, 3.63) is 437 Å². The van der Waals surface area contributed by atoms with Crippen molar-refractivity contribution in [3.8, 4) is 112 Å². The second kappa shape index (κ2) is 29.8. The number of pyridine rings is 6. The van der Waals surface area contributed by atoms with Crippen LogP contribution in [0.4, 0.5) is 0 Å². The Morgan fingerprint density at radius 3 is 0.871 bits per heavy atom. The van der Waals surface area contributed by atoms with Crippen LogP contribution in [-0.2, 0) is 0 Å². The van der Waals surface area contributed by atoms with Gasteiger partial charge in [-0.05, 0) is 182 Å². The van der Waals surface area contributed by atoms with E-state index in [4.69, 9.17) is 29.9 Å². The molecule has 25 aromatic rings. The van der Waals surface area contributed by atoms with Crippen LogP contribution in [0.25, 0.3) is 253 Å². The van der Waals surface area contributed by atoms with Crippen molar-refractivity contribution in [1.29, 1.82) is 0 Å². The molecule has 0 radical (unpaired) electrons. The van der Waals surface area contributed by atoms with Crippen LogP contribution in [0.15, 0.2) is 437 Å². The molecule has 0 saturated heterocycles. The number of fused-ring (bicyclic) bond motifs is 15. The quantitative estimate of drug-likeness (QED) is 0.100. The normalized spacial score (nSPS) is 11.7. The average molecular weight is 1570 g/mol. The second-order valence-corrected chi connectivity index (χ2v) is 32.2. The van der Waals surface area contributed by atoms with E-state index in [1.54, 1.807) is 0 Å². The van der Waals surface area contributed by atoms with Gasteiger partial charge in [-0.3, -0.25) is 0 Å². The van der Waals surface area contributed by atoms with Gasteiger partial charge in [0.1, 0.15) is 0 Å². The van der Waals surface area contributed by atoms with E-state index in [9.17, 15) is 0 Å². The first-order chi connectivity index (χ1) is 61.4. The van der Waals surface area contributed by atoms with Crippen LogP contribution in [-0.4, -0.2) is 29.9 Å². The zero-order valence-electron chi connectivity index (χ0n) is 67.3. The monoisotopic (exact) mass is 1570 g/mol. The van der Waals surface area contributed by atoms with Crippen molar-refractivity contribution >= 4 is 141 Å². The van der Waals surface area contributed by atoms with Crippen LogP contribution in [0.2, 0.25) is 0 Å². The lowest BCUT2D eigenvalue weighted by atomic mass is 9.87. The second-order valence-electron chi connectivity index (χ2n) is 32.2. The Morgan fingerprint density at radius 1 is 0.121 bits per heavy atom. The predicted molar refractivity (Wildman–Crippen MR) is 522 cm³/mol. The van der Waals surface area contributed by atoms with E-state index in [1.165, 1.54) is 59.8 Å². The summed E-state index contributed by atoms with van der Waals surface area (Å²) < 4.78 is 0. The summed E-state index contributed by atoms with van der Waals surface area (Å²) in [6.07, 6.45) is 0. The molecule has 25 rings (SSSR count). The molecule has 0 unspecified atom stereocenters. The highest BCUT2D eigenvalue weighted by Crippen LogP contribution is 2.48. The van der Waals surface area contributed by atoms with Crippen molar-refractivity contribution in [3.63, 3.8) is 0 Å². The van der Waals surface area contributed by atoms with Crippen LogP contribution in [0, 0.1) is 0 Å². The van der Waals surface area contributed by atoms with Crippen molar-refractivity contribution < 1.29 is 0 Å². The third-order valence-electron chi connectivity index (χ3n) is 25.0. The summed E-state index contributed by atoms with van der Waals surface area (Å²) in [4.78, 5) is 32.7. The van der Waals surface area contributed by atoms with Gasteiger partial charge in [0, 0.05) is 76.8 Å². The van der Waals surface area contributed by atoms with E-state index in [-0.39, 0.29) is 0 Å². The van der Waals surface area contributed by atoms with Crippen molar-refractivity contribution in [2.24, 2.45) is 0 Å². The molecule has 0 bridgehead atoms. The maximum Gasteiger partial charge on any atom is 0.0978 e. The summed E-state index contributed by atoms with van der Waals surface area (Å²) in [6, 6.07) is 156. The minimum atomic E-state index is 0.889. The smallest absolute Gasteiger partial charge is 0.0978 e. The molecule has 0 atom stereocenters. The van der Waals surface area contributed by atoms with Crippen LogP contribution < -0.4 is 0 Å². The Hall–Kier alpha value is -16.5. The Labute approximate surface area is 714 Å². The van der Waals surface area contributed by atoms with Crippen LogP contribution in [0.5, 0.6) is 0 Å². The summed E-state index contributed by atoms with van der Waals surface area (Å²) in [5, 5.41) is 23.0. The maximum absolute atomic E-state index is 5.60. The first-order valence-electron chi connectivity index (χ1n) is 42.3. The molecule has 0 aliphatic heterocycles. The van der Waals surface area contributed by atoms with E-state index in [1.807, 2.05) is 0 Å². The van der Waals surface area contributed by atoms with Crippen molar-refractivity contribution in [2.45, 2.75) is 0 Å². The molecule has 0 fully saturated rings. The average Bonchev–Trinajstić information content (AvgIpc) is 0.726. The van der Waals surface area contributed by atoms with Crippen molar-refractivity contribution in [1.82, 2.24) is 29.9 Å². The van der Waals surface area contributed by atoms with E-state index in [2.05, 4.69) is 437 Å². The summed E-state index contributed by atoms with van der Waals surface area (Å²) in [5.74, 6) is 0. The highest BCUT2D eigenvalue weighted by molar-refractivity contribution is 6.23. The van der Waals surface area contributed by atoms with Gasteiger partial charge >= 0.3 is 0 Å². The highest BCUT2D eigenvalue weighted by atomic mass is 14.8. The molecule has 0 saturated carbocycles. The largest absolute Gasteiger partial charge is 0.248 e. The zero-order valence-corrected chi connectivity index (χ0v) is 67.3. The fourth-order valence-electron chi connectivity index (χ4n) is 19.0. The minimum Gasteiger partial charge on any atom is -0.248 e. The summed E-state index contributed by atoms with van der Waals surface area (Å²) in [5.41, 5.74) is 26.8. The topological polar surface area (TPSA) is 77.3 Å². The molecule has 6 aromatic heterocycles. The van der Waals surface area contributed by atoms with Gasteiger partial charge in [-0.1, -0.05) is 364 Å². The third-order valence-corrected chi connectivity index (χ3v) is 25.0. The maximum atomic E-state index is 5.60. The lowest BCUT2D eigenvalue weighted by Crippen LogP contribution is -1.97. The first-order valence-corrected chi connectivity index (χ1v) is 42.3. The van der Waals surface area contributed by atoms with Gasteiger partial charge in [-0.2, -0.15) is 0 Å². The summed E-state index contributed by atoms with van der Waals surface area (Å²) >= 11 is 0. The highest BCUT2D eigenvalue weighted by Gasteiger charge is 2.24. The Kier molecular flexibility index (Phi) is 17.2. The van der Waals surface area contributed by atoms with Gasteiger partial charge in [0.2, 0.25) is 0 Å². The third kappa shape index (κ3) is 12.5. The molecule has 574 valence electrons. The molecule has 6 nitrogen and oxygen atoms in total. The van der Waals surface area contributed by atoms with E-state index >= 15 is 0 Å². The van der Waals surface area contributed by atoms with E-state index < -0.39 is 0 Å². The summed E-state index contributed by atoms with van der Waals surface area (Å²) in [6.45, 7) is 0. The number of benzene rings is 19. The molecule has 19 aromatic carbocycles. The fraction of sp³-hybridized carbons (Fsp3) is 0. The number of nitrogens with zero attached hydrogens (tertiary/aromatic N) is 6. The van der Waals surface area contributed by atoms with Gasteiger partial charge in [0.15, 0.2) is 0 Å². The molecular weight excluding hydrogens is 1500 g/mol. The molecule has 6 heterocycles. The fourth-order valence-corrected chi connectivity index (χ4v) is 19.0. The molecule has 6 heteroatoms. The van der Waals surface area contributed by atoms with Crippen LogP contribution in [0.1, 0.15) is 0 Å². The number of para-hydroxylation sites is 2. The Balaban J connectivity index is 0.000000140. The standard InChI is InChI=1S/C61H37N3.C57H35N3/c1-2-16-40(17-3-1)57-51-24-12-13-25-53(51)63-61-52(57)32-30-41-31-33-54(64-60(41)61)58-47-20-8-10-22-49(47)59(50-23-11-9-21-48(50)58)56-37-46(44-28-26-38-14-4-6-18-42(38)34-44)36-55(62-56)45-29-27-39-15-5-7-19-43(39)35-45;1-2-14-38(15-3-1)55-49-20-10-11-21-51(49)60-57-50(55)28-26-39-27-31-52(59-56(39)57)47-29-30-48(46-19-9-8-18-45(46)47)54-35-44(42-24-22-36-12-4-6-16-40(36)32-42)34-53(58-54)43-25-23-37-13-5-7-17-41(37)33-43/h1-37H;1-35H. The SMILES string of the molecule is c1ccc(-c2c3ccccc3nc3c2ccc2ccc(-c4c5ccccc5c(-c5cc(-c6ccc7ccccc7c6)cc(-c6ccc7ccccc7c6)n5)c5ccccc45)nc23)cc1.c1ccc(-c2c3ccccc3nc3c2ccc2ccc(-c4ccc(-c5cc(-c6ccc7ccccc7c6)cc(-c6ccc7ccccc7c6)n5)c5ccccc45)nc23)cc1. The minimum absolute atomic E-state index is 0.889. The van der Waals surface area contributed by atoms with Gasteiger partial charge in [-0.15, -0.1) is 0 Å². The Bertz CT molecular complexity index is 8450.